The number of piperazine rings is 1. The summed E-state index contributed by atoms with van der Waals surface area (Å²) in [5.74, 6) is 0.817. The van der Waals surface area contributed by atoms with Crippen LogP contribution in [0.4, 0.5) is 10.5 Å². The highest BCUT2D eigenvalue weighted by Gasteiger charge is 2.21. The molecule has 1 aliphatic heterocycles. The molecule has 2 heterocycles. The van der Waals surface area contributed by atoms with Gasteiger partial charge in [0, 0.05) is 38.4 Å². The Balaban J connectivity index is 1.46. The molecule has 5 nitrogen and oxygen atoms in total. The van der Waals surface area contributed by atoms with E-state index in [9.17, 15) is 4.79 Å². The number of anilines is 1. The van der Waals surface area contributed by atoms with Gasteiger partial charge in [-0.15, -0.1) is 0 Å². The van der Waals surface area contributed by atoms with E-state index in [2.05, 4.69) is 27.0 Å². The number of carbonyl (C=O) groups excluding carboxylic acids is 1. The molecule has 0 bridgehead atoms. The summed E-state index contributed by atoms with van der Waals surface area (Å²) in [6.07, 6.45) is 0. The van der Waals surface area contributed by atoms with Gasteiger partial charge in [0.25, 0.3) is 0 Å². The molecule has 2 amide bonds. The molecule has 0 saturated carbocycles. The Morgan fingerprint density at radius 1 is 1.17 bits per heavy atom. The molecule has 1 aromatic heterocycles. The van der Waals surface area contributed by atoms with Crippen LogP contribution in [0.1, 0.15) is 12.5 Å². The molecule has 2 aromatic rings. The van der Waals surface area contributed by atoms with Crippen LogP contribution in [-0.2, 0) is 6.54 Å². The van der Waals surface area contributed by atoms with Crippen molar-refractivity contribution in [3.05, 3.63) is 46.7 Å². The van der Waals surface area contributed by atoms with Gasteiger partial charge in [-0.1, -0.05) is 0 Å². The standard InChI is InChI=1S/C18H23N3O2S/c1-2-23-17-5-3-16(4-6-17)19-18(22)21-10-8-20(9-11-21)13-15-7-12-24-14-15/h3-7,12,14H,2,8-11,13H2,1H3,(H,19,22). The third-order valence-corrected chi connectivity index (χ3v) is 4.79. The zero-order chi connectivity index (χ0) is 16.8. The first kappa shape index (κ1) is 16.8. The Kier molecular flexibility index (Phi) is 5.72. The normalized spacial score (nSPS) is 15.3. The lowest BCUT2D eigenvalue weighted by molar-refractivity contribution is 0.143. The number of carbonyl (C=O) groups is 1. The lowest BCUT2D eigenvalue weighted by Crippen LogP contribution is -2.49. The van der Waals surface area contributed by atoms with E-state index in [1.807, 2.05) is 36.1 Å². The summed E-state index contributed by atoms with van der Waals surface area (Å²) in [7, 11) is 0. The average Bonchev–Trinajstić information content (AvgIpc) is 3.10. The largest absolute Gasteiger partial charge is 0.494 e. The number of benzene rings is 1. The Hall–Kier alpha value is -2.05. The number of hydrogen-bond acceptors (Lipinski definition) is 4. The first-order chi connectivity index (χ1) is 11.7. The topological polar surface area (TPSA) is 44.8 Å². The summed E-state index contributed by atoms with van der Waals surface area (Å²) in [6, 6.07) is 9.62. The number of rotatable bonds is 5. The first-order valence-electron chi connectivity index (χ1n) is 8.27. The molecular formula is C18H23N3O2S. The van der Waals surface area contributed by atoms with Crippen LogP contribution in [0, 0.1) is 0 Å². The van der Waals surface area contributed by atoms with Crippen LogP contribution in [-0.4, -0.2) is 48.6 Å². The van der Waals surface area contributed by atoms with E-state index >= 15 is 0 Å². The molecule has 0 radical (unpaired) electrons. The van der Waals surface area contributed by atoms with Gasteiger partial charge < -0.3 is 15.0 Å². The molecule has 3 rings (SSSR count). The van der Waals surface area contributed by atoms with Gasteiger partial charge in [-0.25, -0.2) is 4.79 Å². The Labute approximate surface area is 146 Å². The number of thiophene rings is 1. The van der Waals surface area contributed by atoms with Crippen LogP contribution >= 0.6 is 11.3 Å². The summed E-state index contributed by atoms with van der Waals surface area (Å²) in [5.41, 5.74) is 2.15. The van der Waals surface area contributed by atoms with Gasteiger partial charge in [-0.3, -0.25) is 4.90 Å². The van der Waals surface area contributed by atoms with Crippen LogP contribution in [0.3, 0.4) is 0 Å². The van der Waals surface area contributed by atoms with Gasteiger partial charge in [-0.2, -0.15) is 11.3 Å². The average molecular weight is 345 g/mol. The van der Waals surface area contributed by atoms with Gasteiger partial charge >= 0.3 is 6.03 Å². The molecule has 0 unspecified atom stereocenters. The molecule has 1 aromatic carbocycles. The second-order valence-corrected chi connectivity index (χ2v) is 6.56. The molecule has 1 saturated heterocycles. The maximum Gasteiger partial charge on any atom is 0.321 e. The summed E-state index contributed by atoms with van der Waals surface area (Å²) in [5, 5.41) is 7.25. The van der Waals surface area contributed by atoms with Crippen molar-refractivity contribution >= 4 is 23.1 Å². The monoisotopic (exact) mass is 345 g/mol. The number of ether oxygens (including phenoxy) is 1. The Morgan fingerprint density at radius 3 is 2.54 bits per heavy atom. The zero-order valence-corrected chi connectivity index (χ0v) is 14.7. The third kappa shape index (κ3) is 4.49. The highest BCUT2D eigenvalue weighted by Crippen LogP contribution is 2.17. The molecule has 0 atom stereocenters. The number of nitrogens with zero attached hydrogens (tertiary/aromatic N) is 2. The van der Waals surface area contributed by atoms with Crippen molar-refractivity contribution < 1.29 is 9.53 Å². The van der Waals surface area contributed by atoms with Gasteiger partial charge in [0.05, 0.1) is 6.61 Å². The lowest BCUT2D eigenvalue weighted by Gasteiger charge is -2.34. The van der Waals surface area contributed by atoms with E-state index in [4.69, 9.17) is 4.74 Å². The fraction of sp³-hybridized carbons (Fsp3) is 0.389. The number of urea groups is 1. The summed E-state index contributed by atoms with van der Waals surface area (Å²) >= 11 is 1.73. The predicted molar refractivity (Wildman–Crippen MR) is 97.8 cm³/mol. The number of nitrogens with one attached hydrogen (secondary N) is 1. The van der Waals surface area contributed by atoms with Crippen LogP contribution in [0.25, 0.3) is 0 Å². The molecule has 1 N–H and O–H groups in total. The van der Waals surface area contributed by atoms with Gasteiger partial charge in [0.15, 0.2) is 0 Å². The second kappa shape index (κ2) is 8.17. The van der Waals surface area contributed by atoms with Crippen molar-refractivity contribution in [3.63, 3.8) is 0 Å². The Bertz CT molecular complexity index is 635. The quantitative estimate of drug-likeness (QED) is 0.902. The number of hydrogen-bond donors (Lipinski definition) is 1. The first-order valence-corrected chi connectivity index (χ1v) is 9.21. The van der Waals surface area contributed by atoms with E-state index in [1.165, 1.54) is 5.56 Å². The Morgan fingerprint density at radius 2 is 1.92 bits per heavy atom. The number of amides is 2. The SMILES string of the molecule is CCOc1ccc(NC(=O)N2CCN(Cc3ccsc3)CC2)cc1. The minimum Gasteiger partial charge on any atom is -0.494 e. The van der Waals surface area contributed by atoms with Crippen LogP contribution < -0.4 is 10.1 Å². The van der Waals surface area contributed by atoms with Crippen molar-refractivity contribution in [1.29, 1.82) is 0 Å². The van der Waals surface area contributed by atoms with Gasteiger partial charge in [0.2, 0.25) is 0 Å². The molecule has 24 heavy (non-hydrogen) atoms. The van der Waals surface area contributed by atoms with Gasteiger partial charge in [0.1, 0.15) is 5.75 Å². The predicted octanol–water partition coefficient (Wildman–Crippen LogP) is 3.50. The summed E-state index contributed by atoms with van der Waals surface area (Å²) in [4.78, 5) is 16.6. The van der Waals surface area contributed by atoms with Crippen molar-refractivity contribution in [3.8, 4) is 5.75 Å². The lowest BCUT2D eigenvalue weighted by atomic mass is 10.2. The van der Waals surface area contributed by atoms with E-state index < -0.39 is 0 Å². The van der Waals surface area contributed by atoms with Crippen LogP contribution in [0.2, 0.25) is 0 Å². The zero-order valence-electron chi connectivity index (χ0n) is 13.9. The molecule has 6 heteroatoms. The second-order valence-electron chi connectivity index (χ2n) is 5.78. The smallest absolute Gasteiger partial charge is 0.321 e. The minimum atomic E-state index is -0.0330. The molecular weight excluding hydrogens is 322 g/mol. The van der Waals surface area contributed by atoms with E-state index in [1.54, 1.807) is 11.3 Å². The third-order valence-electron chi connectivity index (χ3n) is 4.06. The summed E-state index contributed by atoms with van der Waals surface area (Å²) in [6.45, 7) is 6.89. The van der Waals surface area contributed by atoms with Crippen molar-refractivity contribution in [2.75, 3.05) is 38.1 Å². The van der Waals surface area contributed by atoms with E-state index in [0.29, 0.717) is 6.61 Å². The molecule has 1 aliphatic rings. The molecule has 0 aliphatic carbocycles. The summed E-state index contributed by atoms with van der Waals surface area (Å²) < 4.78 is 5.41. The highest BCUT2D eigenvalue weighted by molar-refractivity contribution is 7.07. The van der Waals surface area contributed by atoms with Crippen molar-refractivity contribution in [1.82, 2.24) is 9.80 Å². The molecule has 1 fully saturated rings. The highest BCUT2D eigenvalue weighted by atomic mass is 32.1. The fourth-order valence-corrected chi connectivity index (χ4v) is 3.41. The van der Waals surface area contributed by atoms with Gasteiger partial charge in [-0.05, 0) is 53.6 Å². The van der Waals surface area contributed by atoms with Crippen LogP contribution in [0.5, 0.6) is 5.75 Å². The maximum atomic E-state index is 12.4. The van der Waals surface area contributed by atoms with Crippen molar-refractivity contribution in [2.45, 2.75) is 13.5 Å². The maximum absolute atomic E-state index is 12.4. The van der Waals surface area contributed by atoms with E-state index in [0.717, 1.165) is 44.2 Å². The van der Waals surface area contributed by atoms with E-state index in [-0.39, 0.29) is 6.03 Å². The van der Waals surface area contributed by atoms with Crippen molar-refractivity contribution in [2.24, 2.45) is 0 Å². The fourth-order valence-electron chi connectivity index (χ4n) is 2.75. The van der Waals surface area contributed by atoms with Crippen LogP contribution in [0.15, 0.2) is 41.1 Å². The molecule has 128 valence electrons. The molecule has 0 spiro atoms. The minimum absolute atomic E-state index is 0.0330.